The summed E-state index contributed by atoms with van der Waals surface area (Å²) < 4.78 is 22.3. The second-order valence-corrected chi connectivity index (χ2v) is 6.42. The van der Waals surface area contributed by atoms with Crippen molar-refractivity contribution in [1.82, 2.24) is 0 Å². The van der Waals surface area contributed by atoms with Gasteiger partial charge in [0.1, 0.15) is 0 Å². The first-order valence-corrected chi connectivity index (χ1v) is 7.78. The van der Waals surface area contributed by atoms with E-state index in [1.54, 1.807) is 0 Å². The van der Waals surface area contributed by atoms with E-state index in [0.717, 1.165) is 6.42 Å². The van der Waals surface area contributed by atoms with E-state index in [9.17, 15) is 13.2 Å². The first-order chi connectivity index (χ1) is 8.74. The molecule has 0 aliphatic heterocycles. The number of benzene rings is 1. The van der Waals surface area contributed by atoms with E-state index < -0.39 is 10.0 Å². The molecule has 1 unspecified atom stereocenters. The molecule has 3 N–H and O–H groups in total. The van der Waals surface area contributed by atoms with E-state index in [2.05, 4.69) is 5.32 Å². The Hall–Kier alpha value is -1.11. The van der Waals surface area contributed by atoms with Crippen LogP contribution in [-0.4, -0.2) is 14.3 Å². The van der Waals surface area contributed by atoms with Gasteiger partial charge < -0.3 is 5.32 Å². The highest BCUT2D eigenvalue weighted by molar-refractivity contribution is 7.89. The number of hydrogen-bond donors (Lipinski definition) is 2. The van der Waals surface area contributed by atoms with Crippen molar-refractivity contribution in [2.75, 3.05) is 5.32 Å². The van der Waals surface area contributed by atoms with Crippen molar-refractivity contribution in [2.45, 2.75) is 31.6 Å². The molecule has 0 aliphatic carbocycles. The van der Waals surface area contributed by atoms with Gasteiger partial charge in [-0.2, -0.15) is 0 Å². The van der Waals surface area contributed by atoms with E-state index >= 15 is 0 Å². The van der Waals surface area contributed by atoms with Crippen LogP contribution in [0.3, 0.4) is 0 Å². The Morgan fingerprint density at radius 2 is 2.11 bits per heavy atom. The highest BCUT2D eigenvalue weighted by atomic mass is 35.5. The maximum absolute atomic E-state index is 11.7. The quantitative estimate of drug-likeness (QED) is 0.875. The number of sulfonamides is 1. The summed E-state index contributed by atoms with van der Waals surface area (Å²) in [5.74, 6) is 0.127. The number of primary sulfonamides is 1. The Morgan fingerprint density at radius 1 is 1.47 bits per heavy atom. The highest BCUT2D eigenvalue weighted by Crippen LogP contribution is 2.25. The molecule has 0 aliphatic rings. The summed E-state index contributed by atoms with van der Waals surface area (Å²) in [5, 5.41) is 7.78. The molecular formula is C12H17ClN2O3S. The van der Waals surface area contributed by atoms with Crippen molar-refractivity contribution in [1.29, 1.82) is 0 Å². The van der Waals surface area contributed by atoms with Gasteiger partial charge in [0.05, 0.1) is 15.6 Å². The molecule has 1 aromatic rings. The van der Waals surface area contributed by atoms with E-state index in [1.807, 2.05) is 13.8 Å². The zero-order valence-electron chi connectivity index (χ0n) is 10.8. The van der Waals surface area contributed by atoms with E-state index in [4.69, 9.17) is 16.7 Å². The van der Waals surface area contributed by atoms with Crippen LogP contribution in [0.25, 0.3) is 0 Å². The summed E-state index contributed by atoms with van der Waals surface area (Å²) in [5.41, 5.74) is 0.377. The van der Waals surface area contributed by atoms with Crippen molar-refractivity contribution in [3.05, 3.63) is 23.2 Å². The molecule has 106 valence electrons. The summed E-state index contributed by atoms with van der Waals surface area (Å²) in [6.45, 7) is 3.98. The third-order valence-corrected chi connectivity index (χ3v) is 4.00. The Morgan fingerprint density at radius 3 is 2.58 bits per heavy atom. The Bertz CT molecular complexity index is 572. The molecule has 1 rings (SSSR count). The van der Waals surface area contributed by atoms with Crippen molar-refractivity contribution in [2.24, 2.45) is 11.1 Å². The van der Waals surface area contributed by atoms with Gasteiger partial charge in [0.25, 0.3) is 0 Å². The molecule has 0 radical (unpaired) electrons. The van der Waals surface area contributed by atoms with Gasteiger partial charge in [-0.3, -0.25) is 4.79 Å². The number of hydrogen-bond acceptors (Lipinski definition) is 3. The van der Waals surface area contributed by atoms with Crippen LogP contribution >= 0.6 is 11.6 Å². The van der Waals surface area contributed by atoms with Gasteiger partial charge in [-0.1, -0.05) is 31.9 Å². The SMILES string of the molecule is CCC(C)CC(=O)Nc1ccc(S(N)(=O)=O)cc1Cl. The lowest BCUT2D eigenvalue weighted by atomic mass is 10.1. The Kier molecular flexibility index (Phi) is 5.34. The van der Waals surface area contributed by atoms with Crippen LogP contribution in [-0.2, 0) is 14.8 Å². The summed E-state index contributed by atoms with van der Waals surface area (Å²) >= 11 is 5.92. The second-order valence-electron chi connectivity index (χ2n) is 4.45. The third kappa shape index (κ3) is 4.81. The van der Waals surface area contributed by atoms with Crippen LogP contribution < -0.4 is 10.5 Å². The van der Waals surface area contributed by atoms with Crippen LogP contribution in [0.4, 0.5) is 5.69 Å². The maximum atomic E-state index is 11.7. The minimum atomic E-state index is -3.79. The van der Waals surface area contributed by atoms with Crippen molar-refractivity contribution in [3.63, 3.8) is 0 Å². The monoisotopic (exact) mass is 304 g/mol. The molecule has 1 atom stereocenters. The molecule has 7 heteroatoms. The fourth-order valence-electron chi connectivity index (χ4n) is 1.44. The van der Waals surface area contributed by atoms with Crippen molar-refractivity contribution < 1.29 is 13.2 Å². The third-order valence-electron chi connectivity index (χ3n) is 2.77. The summed E-state index contributed by atoms with van der Waals surface area (Å²) in [6, 6.07) is 3.95. The molecule has 0 saturated heterocycles. The number of rotatable bonds is 5. The van der Waals surface area contributed by atoms with Gasteiger partial charge in [-0.05, 0) is 24.1 Å². The van der Waals surface area contributed by atoms with Crippen LogP contribution in [0.2, 0.25) is 5.02 Å². The standard InChI is InChI=1S/C12H17ClN2O3S/c1-3-8(2)6-12(16)15-11-5-4-9(7-10(11)13)19(14,17)18/h4-5,7-8H,3,6H2,1-2H3,(H,15,16)(H2,14,17,18). The van der Waals surface area contributed by atoms with Gasteiger partial charge >= 0.3 is 0 Å². The van der Waals surface area contributed by atoms with Gasteiger partial charge in [0, 0.05) is 6.42 Å². The number of anilines is 1. The minimum Gasteiger partial charge on any atom is -0.325 e. The van der Waals surface area contributed by atoms with Crippen molar-refractivity contribution in [3.8, 4) is 0 Å². The highest BCUT2D eigenvalue weighted by Gasteiger charge is 2.13. The predicted molar refractivity (Wildman–Crippen MR) is 75.5 cm³/mol. The zero-order valence-corrected chi connectivity index (χ0v) is 12.4. The average Bonchev–Trinajstić information content (AvgIpc) is 2.30. The first kappa shape index (κ1) is 15.9. The van der Waals surface area contributed by atoms with Gasteiger partial charge in [0.15, 0.2) is 0 Å². The topological polar surface area (TPSA) is 89.3 Å². The molecule has 0 saturated carbocycles. The largest absolute Gasteiger partial charge is 0.325 e. The molecule has 5 nitrogen and oxygen atoms in total. The fraction of sp³-hybridized carbons (Fsp3) is 0.417. The number of carbonyl (C=O) groups excluding carboxylic acids is 1. The van der Waals surface area contributed by atoms with Gasteiger partial charge in [-0.15, -0.1) is 0 Å². The number of nitrogens with two attached hydrogens (primary N) is 1. The molecule has 19 heavy (non-hydrogen) atoms. The van der Waals surface area contributed by atoms with Crippen molar-refractivity contribution >= 4 is 33.2 Å². The molecular weight excluding hydrogens is 288 g/mol. The van der Waals surface area contributed by atoms with E-state index in [-0.39, 0.29) is 21.7 Å². The second kappa shape index (κ2) is 6.36. The zero-order chi connectivity index (χ0) is 14.6. The Balaban J connectivity index is 2.84. The number of nitrogens with one attached hydrogen (secondary N) is 1. The summed E-state index contributed by atoms with van der Waals surface area (Å²) in [7, 11) is -3.79. The van der Waals surface area contributed by atoms with Gasteiger partial charge in [-0.25, -0.2) is 13.6 Å². The summed E-state index contributed by atoms with van der Waals surface area (Å²) in [4.78, 5) is 11.6. The lowest BCUT2D eigenvalue weighted by molar-refractivity contribution is -0.117. The molecule has 1 aromatic carbocycles. The number of carbonyl (C=O) groups is 1. The molecule has 0 aromatic heterocycles. The fourth-order valence-corrected chi connectivity index (χ4v) is 2.27. The van der Waals surface area contributed by atoms with Crippen LogP contribution in [0.1, 0.15) is 26.7 Å². The molecule has 0 fully saturated rings. The lowest BCUT2D eigenvalue weighted by Crippen LogP contribution is -2.16. The Labute approximate surface area is 118 Å². The smallest absolute Gasteiger partial charge is 0.238 e. The minimum absolute atomic E-state index is 0.0857. The number of amides is 1. The normalized spacial score (nSPS) is 13.1. The van der Waals surface area contributed by atoms with Crippen LogP contribution in [0.5, 0.6) is 0 Å². The number of halogens is 1. The molecule has 0 bridgehead atoms. The molecule has 0 spiro atoms. The first-order valence-electron chi connectivity index (χ1n) is 5.86. The van der Waals surface area contributed by atoms with E-state index in [0.29, 0.717) is 12.1 Å². The van der Waals surface area contributed by atoms with Crippen LogP contribution in [0, 0.1) is 5.92 Å². The lowest BCUT2D eigenvalue weighted by Gasteiger charge is -2.11. The molecule has 0 heterocycles. The van der Waals surface area contributed by atoms with Crippen LogP contribution in [0.15, 0.2) is 23.1 Å². The van der Waals surface area contributed by atoms with E-state index in [1.165, 1.54) is 18.2 Å². The van der Waals surface area contributed by atoms with Gasteiger partial charge in [0.2, 0.25) is 15.9 Å². The predicted octanol–water partition coefficient (Wildman–Crippen LogP) is 2.36. The molecule has 1 amide bonds. The average molecular weight is 305 g/mol. The summed E-state index contributed by atoms with van der Waals surface area (Å²) in [6.07, 6.45) is 1.30. The maximum Gasteiger partial charge on any atom is 0.238 e.